The van der Waals surface area contributed by atoms with Gasteiger partial charge in [-0.05, 0) is 121 Å². The van der Waals surface area contributed by atoms with Crippen LogP contribution >= 0.6 is 0 Å². The number of nitrogens with zero attached hydrogens (tertiary/aromatic N) is 2. The van der Waals surface area contributed by atoms with Crippen molar-refractivity contribution in [2.45, 2.75) is 63.7 Å². The molecule has 2 N–H and O–H groups in total. The van der Waals surface area contributed by atoms with E-state index >= 15 is 0 Å². The van der Waals surface area contributed by atoms with Crippen LogP contribution in [-0.2, 0) is 54.3 Å². The highest BCUT2D eigenvalue weighted by atomic mass is 16.5. The number of hydrogen-bond acceptors (Lipinski definition) is 16. The van der Waals surface area contributed by atoms with E-state index in [9.17, 15) is 9.59 Å². The normalized spacial score (nSPS) is 15.9. The van der Waals surface area contributed by atoms with E-state index in [0.29, 0.717) is 58.8 Å². The summed E-state index contributed by atoms with van der Waals surface area (Å²) in [6.45, 7) is 5.24. The molecule has 4 unspecified atom stereocenters. The van der Waals surface area contributed by atoms with Gasteiger partial charge in [-0.25, -0.2) is 9.59 Å². The minimum Gasteiger partial charge on any atom is -0.493 e. The Morgan fingerprint density at radius 2 is 0.765 bits per heavy atom. The van der Waals surface area contributed by atoms with Gasteiger partial charge in [0, 0.05) is 25.2 Å². The Morgan fingerprint density at radius 1 is 0.471 bits per heavy atom. The van der Waals surface area contributed by atoms with Crippen molar-refractivity contribution in [3.63, 3.8) is 0 Å². The molecular formula is C50H64N2O16. The van der Waals surface area contributed by atoms with Crippen molar-refractivity contribution < 1.29 is 76.8 Å². The quantitative estimate of drug-likeness (QED) is 0.0975. The third-order valence-corrected chi connectivity index (χ3v) is 12.1. The fraction of sp³-hybridized carbons (Fsp3) is 0.440. The molecule has 4 atom stereocenters. The fourth-order valence-corrected chi connectivity index (χ4v) is 8.55. The third-order valence-electron chi connectivity index (χ3n) is 12.1. The topological polar surface area (TPSA) is 208 Å². The second-order valence-electron chi connectivity index (χ2n) is 15.6. The average molecular weight is 949 g/mol. The first kappa shape index (κ1) is 53.7. The van der Waals surface area contributed by atoms with Crippen LogP contribution in [0.1, 0.15) is 59.3 Å². The summed E-state index contributed by atoms with van der Waals surface area (Å²) in [7, 11) is 15.9. The van der Waals surface area contributed by atoms with E-state index in [1.807, 2.05) is 74.5 Å². The summed E-state index contributed by atoms with van der Waals surface area (Å²) in [6, 6.07) is 19.1. The highest BCUT2D eigenvalue weighted by Crippen LogP contribution is 2.43. The molecule has 0 spiro atoms. The second-order valence-corrected chi connectivity index (χ2v) is 15.6. The first-order valence-corrected chi connectivity index (χ1v) is 21.6. The lowest BCUT2D eigenvalue weighted by Gasteiger charge is -2.40. The van der Waals surface area contributed by atoms with Crippen LogP contribution in [0, 0.1) is 0 Å². The standard InChI is InChI=1S/2C24H31NO6.C2H2O4/c2*1-15(24(26)31-6)25-10-9-17-13-22(29-4)23(30-5)14-18(17)19(25)11-16-7-8-20(27-2)21(12-16)28-3;3-1(4)2(5)6/h2*7-8,12-15,19H,9-11H2,1-6H3;(H,3,4)(H,5,6). The van der Waals surface area contributed by atoms with Crippen molar-refractivity contribution in [2.75, 3.05) is 84.2 Å². The Labute approximate surface area is 397 Å². The number of rotatable bonds is 16. The molecule has 2 aliphatic rings. The molecule has 0 aliphatic carbocycles. The number of carboxylic acids is 2. The van der Waals surface area contributed by atoms with E-state index in [1.165, 1.54) is 25.3 Å². The van der Waals surface area contributed by atoms with Gasteiger partial charge in [-0.1, -0.05) is 12.1 Å². The number of ether oxygens (including phenoxy) is 10. The van der Waals surface area contributed by atoms with Crippen LogP contribution in [0.2, 0.25) is 0 Å². The molecule has 18 heteroatoms. The van der Waals surface area contributed by atoms with Gasteiger partial charge in [0.15, 0.2) is 46.0 Å². The van der Waals surface area contributed by atoms with Crippen molar-refractivity contribution in [3.05, 3.63) is 94.0 Å². The number of hydrogen-bond donors (Lipinski definition) is 2. The predicted octanol–water partition coefficient (Wildman–Crippen LogP) is 6.00. The lowest BCUT2D eigenvalue weighted by atomic mass is 9.87. The molecule has 370 valence electrons. The molecule has 4 aromatic carbocycles. The molecule has 6 rings (SSSR count). The minimum absolute atomic E-state index is 0.0456. The Kier molecular flexibility index (Phi) is 20.0. The van der Waals surface area contributed by atoms with E-state index < -0.39 is 11.9 Å². The smallest absolute Gasteiger partial charge is 0.414 e. The van der Waals surface area contributed by atoms with Crippen LogP contribution in [0.3, 0.4) is 0 Å². The summed E-state index contributed by atoms with van der Waals surface area (Å²) in [4.78, 5) is 47.3. The first-order valence-electron chi connectivity index (χ1n) is 21.6. The Balaban J connectivity index is 0.000000265. The molecule has 18 nitrogen and oxygen atoms in total. The second kappa shape index (κ2) is 25.3. The third kappa shape index (κ3) is 12.7. The maximum Gasteiger partial charge on any atom is 0.414 e. The number of fused-ring (bicyclic) bond motifs is 2. The van der Waals surface area contributed by atoms with Gasteiger partial charge in [-0.15, -0.1) is 0 Å². The van der Waals surface area contributed by atoms with Crippen LogP contribution in [-0.4, -0.2) is 140 Å². The zero-order chi connectivity index (χ0) is 50.2. The fourth-order valence-electron chi connectivity index (χ4n) is 8.55. The van der Waals surface area contributed by atoms with Crippen LogP contribution < -0.4 is 37.9 Å². The lowest BCUT2D eigenvalue weighted by molar-refractivity contribution is -0.159. The van der Waals surface area contributed by atoms with Crippen LogP contribution in [0.15, 0.2) is 60.7 Å². The summed E-state index contributed by atoms with van der Waals surface area (Å²) in [5.41, 5.74) is 6.77. The number of benzene rings is 4. The molecule has 4 aromatic rings. The predicted molar refractivity (Wildman–Crippen MR) is 250 cm³/mol. The number of aliphatic carboxylic acids is 2. The van der Waals surface area contributed by atoms with Crippen LogP contribution in [0.5, 0.6) is 46.0 Å². The average Bonchev–Trinajstić information content (AvgIpc) is 3.37. The van der Waals surface area contributed by atoms with Gasteiger partial charge in [0.25, 0.3) is 0 Å². The van der Waals surface area contributed by atoms with Crippen molar-refractivity contribution >= 4 is 23.9 Å². The summed E-state index contributed by atoms with van der Waals surface area (Å²) in [5, 5.41) is 14.8. The maximum absolute atomic E-state index is 12.4. The largest absolute Gasteiger partial charge is 0.493 e. The van der Waals surface area contributed by atoms with Crippen molar-refractivity contribution in [1.29, 1.82) is 0 Å². The zero-order valence-corrected chi connectivity index (χ0v) is 40.8. The van der Waals surface area contributed by atoms with Gasteiger partial charge in [0.1, 0.15) is 12.1 Å². The summed E-state index contributed by atoms with van der Waals surface area (Å²) in [5.74, 6) is 1.33. The summed E-state index contributed by atoms with van der Waals surface area (Å²) >= 11 is 0. The van der Waals surface area contributed by atoms with Gasteiger partial charge in [0.2, 0.25) is 0 Å². The molecule has 0 aromatic heterocycles. The molecule has 0 radical (unpaired) electrons. The van der Waals surface area contributed by atoms with E-state index in [0.717, 1.165) is 48.2 Å². The SMILES string of the molecule is COC(=O)C(C)N1CCc2cc(OC)c(OC)cc2C1Cc1ccc(OC)c(OC)c1.COC(=O)C(C)N1CCc2cc(OC)c(OC)cc2C1Cc1ccc(OC)c(OC)c1.O=C(O)C(=O)O. The molecule has 0 amide bonds. The molecule has 0 bridgehead atoms. The number of esters is 2. The van der Waals surface area contributed by atoms with E-state index in [1.54, 1.807) is 56.9 Å². The van der Waals surface area contributed by atoms with Crippen molar-refractivity contribution in [2.24, 2.45) is 0 Å². The monoisotopic (exact) mass is 948 g/mol. The molecular weight excluding hydrogens is 885 g/mol. The number of carbonyl (C=O) groups is 4. The highest BCUT2D eigenvalue weighted by molar-refractivity contribution is 6.27. The molecule has 2 heterocycles. The summed E-state index contributed by atoms with van der Waals surface area (Å²) in [6.07, 6.45) is 2.98. The first-order chi connectivity index (χ1) is 32.6. The highest BCUT2D eigenvalue weighted by Gasteiger charge is 2.37. The molecule has 2 aliphatic heterocycles. The number of carbonyl (C=O) groups excluding carboxylic acids is 2. The van der Waals surface area contributed by atoms with Gasteiger partial charge in [-0.2, -0.15) is 0 Å². The van der Waals surface area contributed by atoms with Crippen molar-refractivity contribution in [1.82, 2.24) is 9.80 Å². The number of carboxylic acid groups (broad SMARTS) is 2. The van der Waals surface area contributed by atoms with Gasteiger partial charge in [-0.3, -0.25) is 19.4 Å². The molecule has 0 saturated carbocycles. The van der Waals surface area contributed by atoms with E-state index in [2.05, 4.69) is 9.80 Å². The maximum atomic E-state index is 12.4. The van der Waals surface area contributed by atoms with Crippen molar-refractivity contribution in [3.8, 4) is 46.0 Å². The van der Waals surface area contributed by atoms with Crippen LogP contribution in [0.4, 0.5) is 0 Å². The van der Waals surface area contributed by atoms with Gasteiger partial charge >= 0.3 is 23.9 Å². The molecule has 0 fully saturated rings. The van der Waals surface area contributed by atoms with Crippen LogP contribution in [0.25, 0.3) is 0 Å². The molecule has 0 saturated heterocycles. The Bertz CT molecular complexity index is 2210. The number of methoxy groups -OCH3 is 10. The van der Waals surface area contributed by atoms with E-state index in [-0.39, 0.29) is 36.1 Å². The Morgan fingerprint density at radius 3 is 1.04 bits per heavy atom. The van der Waals surface area contributed by atoms with E-state index in [4.69, 9.17) is 67.2 Å². The minimum atomic E-state index is -1.82. The zero-order valence-electron chi connectivity index (χ0n) is 40.8. The Hall–Kier alpha value is -6.92. The van der Waals surface area contributed by atoms with Gasteiger partial charge < -0.3 is 57.6 Å². The summed E-state index contributed by atoms with van der Waals surface area (Å²) < 4.78 is 53.9. The molecule has 68 heavy (non-hydrogen) atoms. The van der Waals surface area contributed by atoms with Gasteiger partial charge in [0.05, 0.1) is 71.1 Å². The lowest BCUT2D eigenvalue weighted by Crippen LogP contribution is -2.46.